The molecule has 0 radical (unpaired) electrons. The van der Waals surface area contributed by atoms with Crippen LogP contribution < -0.4 is 5.32 Å². The maximum Gasteiger partial charge on any atom is 0.0753 e. The molecule has 3 nitrogen and oxygen atoms in total. The third kappa shape index (κ3) is 3.93. The molecule has 1 aliphatic carbocycles. The summed E-state index contributed by atoms with van der Waals surface area (Å²) in [5.41, 5.74) is 2.64. The molecule has 0 aliphatic heterocycles. The van der Waals surface area contributed by atoms with Gasteiger partial charge in [-0.15, -0.1) is 0 Å². The number of aromatic nitrogens is 2. The van der Waals surface area contributed by atoms with Gasteiger partial charge in [0.1, 0.15) is 0 Å². The van der Waals surface area contributed by atoms with Crippen LogP contribution in [0.1, 0.15) is 50.8 Å². The fraction of sp³-hybridized carbons (Fsp3) is 0.571. The van der Waals surface area contributed by atoms with Crippen LogP contribution in [0.4, 0.5) is 0 Å². The fourth-order valence-corrected chi connectivity index (χ4v) is 2.22. The van der Waals surface area contributed by atoms with Crippen LogP contribution in [0.3, 0.4) is 0 Å². The van der Waals surface area contributed by atoms with E-state index >= 15 is 0 Å². The standard InChI is InChI=1S/C14H21N3/c1-12(14-11-15-9-10-17-14)16-8-7-13-5-3-2-4-6-13/h5,9-12,16H,2-4,6-8H2,1H3. The average Bonchev–Trinajstić information content (AvgIpc) is 2.41. The van der Waals surface area contributed by atoms with Gasteiger partial charge in [0.2, 0.25) is 0 Å². The normalized spacial score (nSPS) is 17.6. The molecule has 92 valence electrons. The zero-order valence-corrected chi connectivity index (χ0v) is 10.5. The summed E-state index contributed by atoms with van der Waals surface area (Å²) in [6.07, 6.45) is 14.2. The highest BCUT2D eigenvalue weighted by Crippen LogP contribution is 2.19. The monoisotopic (exact) mass is 231 g/mol. The molecule has 1 unspecified atom stereocenters. The van der Waals surface area contributed by atoms with Crippen LogP contribution >= 0.6 is 0 Å². The van der Waals surface area contributed by atoms with Crippen LogP contribution in [0.25, 0.3) is 0 Å². The average molecular weight is 231 g/mol. The van der Waals surface area contributed by atoms with E-state index in [4.69, 9.17) is 0 Å². The minimum Gasteiger partial charge on any atom is -0.308 e. The van der Waals surface area contributed by atoms with Crippen LogP contribution in [0.2, 0.25) is 0 Å². The van der Waals surface area contributed by atoms with Crippen molar-refractivity contribution in [1.29, 1.82) is 0 Å². The van der Waals surface area contributed by atoms with Gasteiger partial charge in [0, 0.05) is 24.6 Å². The third-order valence-corrected chi connectivity index (χ3v) is 3.31. The van der Waals surface area contributed by atoms with Crippen LogP contribution in [-0.4, -0.2) is 16.5 Å². The van der Waals surface area contributed by atoms with E-state index in [0.29, 0.717) is 0 Å². The van der Waals surface area contributed by atoms with Crippen molar-refractivity contribution in [3.05, 3.63) is 35.9 Å². The lowest BCUT2D eigenvalue weighted by atomic mass is 9.97. The number of hydrogen-bond donors (Lipinski definition) is 1. The van der Waals surface area contributed by atoms with E-state index in [1.165, 1.54) is 32.1 Å². The molecule has 17 heavy (non-hydrogen) atoms. The topological polar surface area (TPSA) is 37.8 Å². The van der Waals surface area contributed by atoms with Crippen molar-refractivity contribution < 1.29 is 0 Å². The van der Waals surface area contributed by atoms with E-state index in [0.717, 1.165) is 12.2 Å². The number of nitrogens with one attached hydrogen (secondary N) is 1. The molecule has 1 aliphatic rings. The number of rotatable bonds is 5. The van der Waals surface area contributed by atoms with E-state index in [2.05, 4.69) is 28.3 Å². The van der Waals surface area contributed by atoms with E-state index in [1.807, 2.05) is 6.20 Å². The Morgan fingerprint density at radius 1 is 1.35 bits per heavy atom. The van der Waals surface area contributed by atoms with Gasteiger partial charge in [0.25, 0.3) is 0 Å². The molecule has 1 atom stereocenters. The second kappa shape index (κ2) is 6.50. The number of allylic oxidation sites excluding steroid dienone is 1. The first-order valence-corrected chi connectivity index (χ1v) is 6.53. The summed E-state index contributed by atoms with van der Waals surface area (Å²) in [7, 11) is 0. The minimum absolute atomic E-state index is 0.285. The van der Waals surface area contributed by atoms with Gasteiger partial charge >= 0.3 is 0 Å². The summed E-state index contributed by atoms with van der Waals surface area (Å²) >= 11 is 0. The van der Waals surface area contributed by atoms with Gasteiger partial charge in [0.15, 0.2) is 0 Å². The van der Waals surface area contributed by atoms with Crippen molar-refractivity contribution in [1.82, 2.24) is 15.3 Å². The van der Waals surface area contributed by atoms with Gasteiger partial charge < -0.3 is 5.32 Å². The lowest BCUT2D eigenvalue weighted by molar-refractivity contribution is 0.550. The van der Waals surface area contributed by atoms with Crippen molar-refractivity contribution in [3.8, 4) is 0 Å². The van der Waals surface area contributed by atoms with E-state index in [1.54, 1.807) is 18.0 Å². The van der Waals surface area contributed by atoms with Gasteiger partial charge in [-0.1, -0.05) is 11.6 Å². The maximum absolute atomic E-state index is 4.30. The molecule has 1 aromatic heterocycles. The quantitative estimate of drug-likeness (QED) is 0.792. The first-order chi connectivity index (χ1) is 8.36. The first-order valence-electron chi connectivity index (χ1n) is 6.53. The highest BCUT2D eigenvalue weighted by atomic mass is 14.9. The molecule has 3 heteroatoms. The van der Waals surface area contributed by atoms with Crippen LogP contribution in [0, 0.1) is 0 Å². The highest BCUT2D eigenvalue weighted by Gasteiger charge is 2.07. The van der Waals surface area contributed by atoms with Gasteiger partial charge in [0.05, 0.1) is 5.69 Å². The van der Waals surface area contributed by atoms with Crippen molar-refractivity contribution in [2.24, 2.45) is 0 Å². The largest absolute Gasteiger partial charge is 0.308 e. The zero-order chi connectivity index (χ0) is 11.9. The number of nitrogens with zero attached hydrogens (tertiary/aromatic N) is 2. The summed E-state index contributed by atoms with van der Waals surface area (Å²) in [5, 5.41) is 3.50. The second-order valence-corrected chi connectivity index (χ2v) is 4.66. The highest BCUT2D eigenvalue weighted by molar-refractivity contribution is 5.06. The summed E-state index contributed by atoms with van der Waals surface area (Å²) in [5.74, 6) is 0. The number of hydrogen-bond acceptors (Lipinski definition) is 3. The zero-order valence-electron chi connectivity index (χ0n) is 10.5. The Labute approximate surface area is 103 Å². The SMILES string of the molecule is CC(NCCC1=CCCCC1)c1cnccn1. The van der Waals surface area contributed by atoms with Crippen molar-refractivity contribution in [2.75, 3.05) is 6.54 Å². The molecule has 1 aromatic rings. The van der Waals surface area contributed by atoms with Gasteiger partial charge in [-0.25, -0.2) is 0 Å². The predicted molar refractivity (Wildman–Crippen MR) is 69.6 cm³/mol. The van der Waals surface area contributed by atoms with Crippen molar-refractivity contribution in [2.45, 2.75) is 45.1 Å². The minimum atomic E-state index is 0.285. The Bertz CT molecular complexity index is 359. The van der Waals surface area contributed by atoms with Crippen LogP contribution in [0.5, 0.6) is 0 Å². The Hall–Kier alpha value is -1.22. The Morgan fingerprint density at radius 2 is 2.29 bits per heavy atom. The first kappa shape index (κ1) is 12.2. The van der Waals surface area contributed by atoms with Gasteiger partial charge in [-0.2, -0.15) is 0 Å². The molecular weight excluding hydrogens is 210 g/mol. The molecule has 0 aromatic carbocycles. The van der Waals surface area contributed by atoms with Gasteiger partial charge in [-0.05, 0) is 45.6 Å². The molecule has 0 amide bonds. The Balaban J connectivity index is 1.73. The fourth-order valence-electron chi connectivity index (χ4n) is 2.22. The van der Waals surface area contributed by atoms with Crippen molar-refractivity contribution in [3.63, 3.8) is 0 Å². The molecule has 0 fully saturated rings. The molecule has 0 spiro atoms. The smallest absolute Gasteiger partial charge is 0.0753 e. The van der Waals surface area contributed by atoms with Crippen molar-refractivity contribution >= 4 is 0 Å². The van der Waals surface area contributed by atoms with E-state index < -0.39 is 0 Å². The summed E-state index contributed by atoms with van der Waals surface area (Å²) in [6.45, 7) is 3.17. The third-order valence-electron chi connectivity index (χ3n) is 3.31. The molecular formula is C14H21N3. The summed E-state index contributed by atoms with van der Waals surface area (Å²) in [6, 6.07) is 0.285. The molecule has 0 saturated heterocycles. The second-order valence-electron chi connectivity index (χ2n) is 4.66. The summed E-state index contributed by atoms with van der Waals surface area (Å²) < 4.78 is 0. The lowest BCUT2D eigenvalue weighted by Gasteiger charge is -2.16. The molecule has 1 N–H and O–H groups in total. The van der Waals surface area contributed by atoms with E-state index in [9.17, 15) is 0 Å². The Kier molecular flexibility index (Phi) is 4.68. The lowest BCUT2D eigenvalue weighted by Crippen LogP contribution is -2.21. The predicted octanol–water partition coefficient (Wildman–Crippen LogP) is 3.02. The van der Waals surface area contributed by atoms with E-state index in [-0.39, 0.29) is 6.04 Å². The summed E-state index contributed by atoms with van der Waals surface area (Å²) in [4.78, 5) is 8.39. The van der Waals surface area contributed by atoms with Gasteiger partial charge in [-0.3, -0.25) is 9.97 Å². The molecule has 0 bridgehead atoms. The van der Waals surface area contributed by atoms with Crippen LogP contribution in [0.15, 0.2) is 30.2 Å². The molecule has 2 rings (SSSR count). The maximum atomic E-state index is 4.30. The molecule has 1 heterocycles. The molecule has 0 saturated carbocycles. The Morgan fingerprint density at radius 3 is 3.00 bits per heavy atom. The van der Waals surface area contributed by atoms with Crippen LogP contribution in [-0.2, 0) is 0 Å².